The maximum absolute atomic E-state index is 11.8. The minimum Gasteiger partial charge on any atom is -0.744 e. The number of benzene rings is 2. The van der Waals surface area contributed by atoms with Gasteiger partial charge in [0.25, 0.3) is 0 Å². The summed E-state index contributed by atoms with van der Waals surface area (Å²) in [6.07, 6.45) is 0. The van der Waals surface area contributed by atoms with E-state index in [-0.39, 0.29) is 46.3 Å². The molecule has 0 aromatic heterocycles. The van der Waals surface area contributed by atoms with Gasteiger partial charge in [-0.05, 0) is 51.3 Å². The number of fused-ring (bicyclic) bond motifs is 1. The average Bonchev–Trinajstić information content (AvgIpc) is 2.42. The zero-order chi connectivity index (χ0) is 17.5. The molecule has 2 rings (SSSR count). The second-order valence-electron chi connectivity index (χ2n) is 7.10. The predicted octanol–water partition coefficient (Wildman–Crippen LogP) is 2.12. The third-order valence-corrected chi connectivity index (χ3v) is 5.18. The molecule has 0 radical (unpaired) electrons. The van der Waals surface area contributed by atoms with Gasteiger partial charge in [0.15, 0.2) is 0 Å². The molecule has 0 amide bonds. The Morgan fingerprint density at radius 1 is 0.833 bits per heavy atom. The van der Waals surface area contributed by atoms with Gasteiger partial charge >= 0.3 is 29.6 Å². The fourth-order valence-corrected chi connectivity index (χ4v) is 4.11. The van der Waals surface area contributed by atoms with Crippen molar-refractivity contribution in [2.45, 2.75) is 64.2 Å². The summed E-state index contributed by atoms with van der Waals surface area (Å²) in [4.78, 5) is -0.0652. The Kier molecular flexibility index (Phi) is 7.11. The fraction of sp³-hybridized carbons (Fsp3) is 0.474. The van der Waals surface area contributed by atoms with Gasteiger partial charge in [-0.3, -0.25) is 0 Å². The van der Waals surface area contributed by atoms with Gasteiger partial charge in [-0.1, -0.05) is 59.7 Å². The van der Waals surface area contributed by atoms with Crippen LogP contribution in [-0.4, -0.2) is 13.0 Å². The van der Waals surface area contributed by atoms with Crippen molar-refractivity contribution in [3.05, 3.63) is 41.0 Å². The molecule has 24 heavy (non-hydrogen) atoms. The number of hydrogen-bond acceptors (Lipinski definition) is 3. The molecule has 0 aliphatic heterocycles. The Labute approximate surface area is 167 Å². The third kappa shape index (κ3) is 4.23. The topological polar surface area (TPSA) is 57.2 Å². The second kappa shape index (κ2) is 7.88. The summed E-state index contributed by atoms with van der Waals surface area (Å²) in [5.74, 6) is 0.459. The van der Waals surface area contributed by atoms with Gasteiger partial charge in [-0.15, -0.1) is 0 Å². The van der Waals surface area contributed by atoms with Crippen LogP contribution in [0.5, 0.6) is 0 Å². The first-order valence-electron chi connectivity index (χ1n) is 8.10. The molecule has 5 heteroatoms. The summed E-state index contributed by atoms with van der Waals surface area (Å²) in [5.41, 5.74) is 2.78. The van der Waals surface area contributed by atoms with Crippen LogP contribution in [-0.2, 0) is 10.1 Å². The van der Waals surface area contributed by atoms with Gasteiger partial charge in [-0.25, -0.2) is 8.42 Å². The van der Waals surface area contributed by atoms with Crippen LogP contribution >= 0.6 is 0 Å². The zero-order valence-electron chi connectivity index (χ0n) is 15.7. The van der Waals surface area contributed by atoms with Gasteiger partial charge in [0.2, 0.25) is 0 Å². The van der Waals surface area contributed by atoms with Gasteiger partial charge in [0.1, 0.15) is 10.1 Å². The van der Waals surface area contributed by atoms with Crippen molar-refractivity contribution in [3.8, 4) is 0 Å². The maximum Gasteiger partial charge on any atom is 1.00 e. The molecule has 0 bridgehead atoms. The van der Waals surface area contributed by atoms with Crippen LogP contribution in [0.15, 0.2) is 29.2 Å². The van der Waals surface area contributed by atoms with Crippen molar-refractivity contribution in [1.29, 1.82) is 0 Å². The molecule has 0 spiro atoms. The number of hydrogen-bond donors (Lipinski definition) is 0. The molecule has 0 N–H and O–H groups in total. The van der Waals surface area contributed by atoms with E-state index >= 15 is 0 Å². The SMILES string of the molecule is CC(C)c1ccc2c(C(C)C)c(C(C)C)c(S(=O)(=O)[O-])cc2c1.[Na+]. The van der Waals surface area contributed by atoms with Crippen molar-refractivity contribution in [1.82, 2.24) is 0 Å². The van der Waals surface area contributed by atoms with Crippen LogP contribution in [0.2, 0.25) is 0 Å². The molecule has 0 unspecified atom stereocenters. The van der Waals surface area contributed by atoms with Gasteiger partial charge in [0.05, 0.1) is 4.90 Å². The van der Waals surface area contributed by atoms with Crippen molar-refractivity contribution in [3.63, 3.8) is 0 Å². The quantitative estimate of drug-likeness (QED) is 0.623. The molecular formula is C19H25NaO3S. The van der Waals surface area contributed by atoms with Crippen LogP contribution < -0.4 is 29.6 Å². The Morgan fingerprint density at radius 3 is 1.79 bits per heavy atom. The second-order valence-corrected chi connectivity index (χ2v) is 8.45. The Hall–Kier alpha value is -0.390. The molecule has 0 aliphatic carbocycles. The van der Waals surface area contributed by atoms with E-state index in [1.54, 1.807) is 6.07 Å². The smallest absolute Gasteiger partial charge is 0.744 e. The minimum atomic E-state index is -4.51. The molecular weight excluding hydrogens is 331 g/mol. The van der Waals surface area contributed by atoms with Crippen LogP contribution in [0.3, 0.4) is 0 Å². The zero-order valence-corrected chi connectivity index (χ0v) is 18.5. The van der Waals surface area contributed by atoms with E-state index < -0.39 is 10.1 Å². The third-order valence-electron chi connectivity index (χ3n) is 4.30. The Morgan fingerprint density at radius 2 is 1.38 bits per heavy atom. The van der Waals surface area contributed by atoms with E-state index in [0.29, 0.717) is 11.5 Å². The van der Waals surface area contributed by atoms with Crippen molar-refractivity contribution in [2.75, 3.05) is 0 Å². The molecule has 0 aliphatic rings. The number of rotatable bonds is 4. The summed E-state index contributed by atoms with van der Waals surface area (Å²) >= 11 is 0. The van der Waals surface area contributed by atoms with Crippen LogP contribution in [0, 0.1) is 0 Å². The largest absolute Gasteiger partial charge is 1.00 e. The summed E-state index contributed by atoms with van der Waals surface area (Å²) in [5, 5.41) is 1.87. The molecule has 0 saturated heterocycles. The van der Waals surface area contributed by atoms with Crippen LogP contribution in [0.4, 0.5) is 0 Å². The first-order chi connectivity index (χ1) is 10.5. The van der Waals surface area contributed by atoms with Crippen molar-refractivity contribution >= 4 is 20.9 Å². The van der Waals surface area contributed by atoms with Gasteiger partial charge < -0.3 is 4.55 Å². The normalized spacial score (nSPS) is 12.2. The maximum atomic E-state index is 11.8. The monoisotopic (exact) mass is 356 g/mol. The van der Waals surface area contributed by atoms with Gasteiger partial charge in [-0.2, -0.15) is 0 Å². The minimum absolute atomic E-state index is 0. The Bertz CT molecular complexity index is 837. The molecule has 0 fully saturated rings. The molecule has 126 valence electrons. The van der Waals surface area contributed by atoms with E-state index in [4.69, 9.17) is 0 Å². The van der Waals surface area contributed by atoms with E-state index in [1.165, 1.54) is 0 Å². The fourth-order valence-electron chi connectivity index (χ4n) is 3.23. The molecule has 3 nitrogen and oxygen atoms in total. The van der Waals surface area contributed by atoms with Crippen LogP contribution in [0.1, 0.15) is 76.0 Å². The van der Waals surface area contributed by atoms with E-state index in [2.05, 4.69) is 26.0 Å². The first-order valence-corrected chi connectivity index (χ1v) is 9.51. The van der Waals surface area contributed by atoms with E-state index in [0.717, 1.165) is 21.9 Å². The molecule has 0 saturated carbocycles. The molecule has 2 aromatic rings. The summed E-state index contributed by atoms with van der Waals surface area (Å²) in [6.45, 7) is 12.1. The van der Waals surface area contributed by atoms with Crippen molar-refractivity contribution < 1.29 is 42.5 Å². The summed E-state index contributed by atoms with van der Waals surface area (Å²) < 4.78 is 35.5. The van der Waals surface area contributed by atoms with E-state index in [9.17, 15) is 13.0 Å². The first kappa shape index (κ1) is 21.7. The average molecular weight is 356 g/mol. The summed E-state index contributed by atoms with van der Waals surface area (Å²) in [7, 11) is -4.51. The Balaban J connectivity index is 0.00000288. The van der Waals surface area contributed by atoms with E-state index in [1.807, 2.05) is 33.8 Å². The predicted molar refractivity (Wildman–Crippen MR) is 94.2 cm³/mol. The summed E-state index contributed by atoms with van der Waals surface area (Å²) in [6, 6.07) is 7.72. The molecule has 0 atom stereocenters. The molecule has 2 aromatic carbocycles. The van der Waals surface area contributed by atoms with Crippen molar-refractivity contribution in [2.24, 2.45) is 0 Å². The van der Waals surface area contributed by atoms with Gasteiger partial charge in [0, 0.05) is 0 Å². The van der Waals surface area contributed by atoms with Crippen LogP contribution in [0.25, 0.3) is 10.8 Å². The standard InChI is InChI=1S/C19H26O3S.Na/c1-11(2)14-7-8-16-15(9-14)10-17(23(20,21)22)19(13(5)6)18(16)12(3)4;/h7-13H,1-6H3,(H,20,21,22);/q;+1/p-1. The molecule has 0 heterocycles.